The zero-order valence-corrected chi connectivity index (χ0v) is 13.5. The van der Waals surface area contributed by atoms with E-state index >= 15 is 0 Å². The summed E-state index contributed by atoms with van der Waals surface area (Å²) in [6, 6.07) is 1.85. The maximum absolute atomic E-state index is 5.98. The van der Waals surface area contributed by atoms with Crippen molar-refractivity contribution in [3.8, 4) is 17.3 Å². The number of nitrogens with zero attached hydrogens (tertiary/aromatic N) is 3. The van der Waals surface area contributed by atoms with Crippen LogP contribution in [0.25, 0.3) is 11.4 Å². The molecular formula is C10H6ClI2N3O. The Morgan fingerprint density at radius 2 is 2.24 bits per heavy atom. The Hall–Kier alpha value is -0.0900. The Morgan fingerprint density at radius 3 is 3.06 bits per heavy atom. The van der Waals surface area contributed by atoms with Crippen molar-refractivity contribution in [1.82, 2.24) is 14.5 Å². The van der Waals surface area contributed by atoms with E-state index in [0.29, 0.717) is 17.5 Å². The monoisotopic (exact) mass is 473 g/mol. The molecule has 0 spiro atoms. The lowest BCUT2D eigenvalue weighted by Crippen LogP contribution is -2.07. The van der Waals surface area contributed by atoms with Crippen LogP contribution in [0, 0.1) is 7.40 Å². The lowest BCUT2D eigenvalue weighted by Gasteiger charge is -2.04. The molecule has 4 nitrogen and oxygen atoms in total. The standard InChI is InChI=1S/C10H6ClI2N3O/c11-5-3-6-9-15-7(12)8(13)16(9)1-2-17-10(6)14-4-5/h3-4H,1-2H2. The van der Waals surface area contributed by atoms with Crippen molar-refractivity contribution >= 4 is 56.8 Å². The first-order valence-electron chi connectivity index (χ1n) is 4.87. The van der Waals surface area contributed by atoms with E-state index in [4.69, 9.17) is 16.3 Å². The summed E-state index contributed by atoms with van der Waals surface area (Å²) >= 11 is 10.5. The Balaban J connectivity index is 2.30. The van der Waals surface area contributed by atoms with Crippen LogP contribution in [0.15, 0.2) is 12.3 Å². The first-order chi connectivity index (χ1) is 8.16. The number of hydrogen-bond donors (Lipinski definition) is 0. The Bertz CT molecular complexity index is 599. The topological polar surface area (TPSA) is 39.9 Å². The summed E-state index contributed by atoms with van der Waals surface area (Å²) in [5.41, 5.74) is 0.857. The molecule has 2 aromatic rings. The van der Waals surface area contributed by atoms with Crippen molar-refractivity contribution in [2.24, 2.45) is 0 Å². The molecule has 1 aliphatic rings. The fourth-order valence-corrected chi connectivity index (χ4v) is 3.02. The summed E-state index contributed by atoms with van der Waals surface area (Å²) in [5.74, 6) is 1.48. The van der Waals surface area contributed by atoms with Crippen LogP contribution in [0.4, 0.5) is 0 Å². The van der Waals surface area contributed by atoms with Gasteiger partial charge in [-0.1, -0.05) is 11.6 Å². The number of hydrogen-bond acceptors (Lipinski definition) is 3. The van der Waals surface area contributed by atoms with Crippen LogP contribution in [-0.2, 0) is 6.54 Å². The van der Waals surface area contributed by atoms with Gasteiger partial charge in [-0.15, -0.1) is 0 Å². The van der Waals surface area contributed by atoms with Crippen molar-refractivity contribution in [2.75, 3.05) is 6.61 Å². The molecule has 17 heavy (non-hydrogen) atoms. The number of ether oxygens (including phenoxy) is 1. The minimum atomic E-state index is 0.591. The quantitative estimate of drug-likeness (QED) is 0.552. The third-order valence-corrected chi connectivity index (χ3v) is 5.56. The van der Waals surface area contributed by atoms with Gasteiger partial charge in [-0.3, -0.25) is 0 Å². The second-order valence-corrected chi connectivity index (χ2v) is 6.00. The molecule has 0 N–H and O–H groups in total. The van der Waals surface area contributed by atoms with Crippen molar-refractivity contribution in [3.05, 3.63) is 24.7 Å². The number of imidazole rings is 1. The van der Waals surface area contributed by atoms with Gasteiger partial charge in [0.2, 0.25) is 5.88 Å². The highest BCUT2D eigenvalue weighted by Crippen LogP contribution is 2.34. The molecule has 88 valence electrons. The fraction of sp³-hybridized carbons (Fsp3) is 0.200. The van der Waals surface area contributed by atoms with E-state index in [1.54, 1.807) is 6.20 Å². The minimum Gasteiger partial charge on any atom is -0.475 e. The normalized spacial score (nSPS) is 13.6. The number of pyridine rings is 1. The third kappa shape index (κ3) is 2.03. The molecule has 0 saturated heterocycles. The fourth-order valence-electron chi connectivity index (χ4n) is 1.75. The van der Waals surface area contributed by atoms with Gasteiger partial charge in [0.1, 0.15) is 19.8 Å². The van der Waals surface area contributed by atoms with E-state index in [9.17, 15) is 0 Å². The van der Waals surface area contributed by atoms with Crippen LogP contribution in [0.3, 0.4) is 0 Å². The summed E-state index contributed by atoms with van der Waals surface area (Å²) in [4.78, 5) is 8.76. The molecule has 7 heteroatoms. The van der Waals surface area contributed by atoms with E-state index in [1.165, 1.54) is 0 Å². The van der Waals surface area contributed by atoms with E-state index in [0.717, 1.165) is 25.3 Å². The van der Waals surface area contributed by atoms with Gasteiger partial charge in [-0.25, -0.2) is 9.97 Å². The number of fused-ring (bicyclic) bond motifs is 3. The van der Waals surface area contributed by atoms with Gasteiger partial charge in [0.05, 0.1) is 17.1 Å². The van der Waals surface area contributed by atoms with Gasteiger partial charge < -0.3 is 9.30 Å². The molecule has 1 aliphatic heterocycles. The Kier molecular flexibility index (Phi) is 3.20. The zero-order valence-electron chi connectivity index (χ0n) is 8.45. The van der Waals surface area contributed by atoms with Crippen LogP contribution in [0.5, 0.6) is 5.88 Å². The SMILES string of the molecule is Clc1cnc2c(c1)-c1nc(I)c(I)n1CCO2. The van der Waals surface area contributed by atoms with Gasteiger partial charge in [0.25, 0.3) is 0 Å². The molecule has 0 amide bonds. The molecule has 0 radical (unpaired) electrons. The molecule has 3 rings (SSSR count). The molecule has 2 aromatic heterocycles. The first-order valence-corrected chi connectivity index (χ1v) is 7.40. The molecule has 3 heterocycles. The van der Waals surface area contributed by atoms with Crippen LogP contribution < -0.4 is 4.74 Å². The highest BCUT2D eigenvalue weighted by molar-refractivity contribution is 14.1. The third-order valence-electron chi connectivity index (χ3n) is 2.48. The highest BCUT2D eigenvalue weighted by Gasteiger charge is 2.22. The van der Waals surface area contributed by atoms with Gasteiger partial charge in [0, 0.05) is 6.20 Å². The predicted molar refractivity (Wildman–Crippen MR) is 81.4 cm³/mol. The number of rotatable bonds is 0. The van der Waals surface area contributed by atoms with E-state index < -0.39 is 0 Å². The predicted octanol–water partition coefficient (Wildman–Crippen LogP) is 3.20. The summed E-state index contributed by atoms with van der Waals surface area (Å²) < 4.78 is 9.85. The average molecular weight is 473 g/mol. The summed E-state index contributed by atoms with van der Waals surface area (Å²) in [5, 5.41) is 0.591. The van der Waals surface area contributed by atoms with Crippen molar-refractivity contribution in [1.29, 1.82) is 0 Å². The molecular weight excluding hydrogens is 467 g/mol. The molecule has 0 bridgehead atoms. The largest absolute Gasteiger partial charge is 0.475 e. The molecule has 0 aliphatic carbocycles. The zero-order chi connectivity index (χ0) is 12.0. The van der Waals surface area contributed by atoms with E-state index in [-0.39, 0.29) is 0 Å². The second kappa shape index (κ2) is 4.54. The highest BCUT2D eigenvalue weighted by atomic mass is 127. The summed E-state index contributed by atoms with van der Waals surface area (Å²) in [7, 11) is 0. The minimum absolute atomic E-state index is 0.591. The van der Waals surface area contributed by atoms with E-state index in [1.807, 2.05) is 6.07 Å². The molecule has 0 atom stereocenters. The number of halogens is 3. The average Bonchev–Trinajstić information content (AvgIpc) is 2.49. The smallest absolute Gasteiger partial charge is 0.224 e. The lowest BCUT2D eigenvalue weighted by atomic mass is 10.2. The van der Waals surface area contributed by atoms with E-state index in [2.05, 4.69) is 59.7 Å². The van der Waals surface area contributed by atoms with Gasteiger partial charge >= 0.3 is 0 Å². The first kappa shape index (κ1) is 12.0. The molecule has 0 saturated carbocycles. The molecule has 0 fully saturated rings. The Morgan fingerprint density at radius 1 is 1.41 bits per heavy atom. The van der Waals surface area contributed by atoms with Gasteiger partial charge in [-0.05, 0) is 51.2 Å². The summed E-state index contributed by atoms with van der Waals surface area (Å²) in [6.45, 7) is 1.37. The summed E-state index contributed by atoms with van der Waals surface area (Å²) in [6.07, 6.45) is 1.59. The van der Waals surface area contributed by atoms with Gasteiger partial charge in [0.15, 0.2) is 0 Å². The lowest BCUT2D eigenvalue weighted by molar-refractivity contribution is 0.295. The van der Waals surface area contributed by atoms with Crippen molar-refractivity contribution < 1.29 is 4.74 Å². The van der Waals surface area contributed by atoms with Crippen LogP contribution >= 0.6 is 56.8 Å². The van der Waals surface area contributed by atoms with Crippen molar-refractivity contribution in [2.45, 2.75) is 6.54 Å². The van der Waals surface area contributed by atoms with Gasteiger partial charge in [-0.2, -0.15) is 0 Å². The van der Waals surface area contributed by atoms with Crippen LogP contribution in [0.1, 0.15) is 0 Å². The van der Waals surface area contributed by atoms with Crippen molar-refractivity contribution in [3.63, 3.8) is 0 Å². The number of aromatic nitrogens is 3. The molecule has 0 aromatic carbocycles. The van der Waals surface area contributed by atoms with Crippen LogP contribution in [-0.4, -0.2) is 21.1 Å². The van der Waals surface area contributed by atoms with Crippen LogP contribution in [0.2, 0.25) is 5.02 Å². The Labute approximate surface area is 130 Å². The molecule has 0 unspecified atom stereocenters. The maximum atomic E-state index is 5.98. The second-order valence-electron chi connectivity index (χ2n) is 3.52. The maximum Gasteiger partial charge on any atom is 0.224 e.